The number of nitrogens with two attached hydrogens (primary N) is 1. The van der Waals surface area contributed by atoms with Gasteiger partial charge in [0.2, 0.25) is 5.95 Å². The minimum absolute atomic E-state index is 0.0170. The summed E-state index contributed by atoms with van der Waals surface area (Å²) in [6, 6.07) is 5.30. The Labute approximate surface area is 107 Å². The molecule has 0 bridgehead atoms. The summed E-state index contributed by atoms with van der Waals surface area (Å²) < 4.78 is 23.4. The largest absolute Gasteiger partial charge is 0.467 e. The Bertz CT molecular complexity index is 656. The maximum atomic E-state index is 13.4. The first kappa shape index (κ1) is 12.5. The molecule has 0 aliphatic carbocycles. The van der Waals surface area contributed by atoms with E-state index in [1.54, 1.807) is 6.07 Å². The number of halogens is 1. The molecule has 0 spiro atoms. The molecular formula is C11H8FN5O2. The second-order valence-corrected chi connectivity index (χ2v) is 3.32. The molecule has 7 nitrogen and oxygen atoms in total. The number of rotatable bonds is 3. The van der Waals surface area contributed by atoms with Crippen molar-refractivity contribution in [3.05, 3.63) is 29.6 Å². The zero-order valence-corrected chi connectivity index (χ0v) is 9.79. The van der Waals surface area contributed by atoms with Crippen molar-refractivity contribution >= 4 is 5.95 Å². The van der Waals surface area contributed by atoms with Crippen molar-refractivity contribution < 1.29 is 13.9 Å². The van der Waals surface area contributed by atoms with Crippen LogP contribution >= 0.6 is 0 Å². The van der Waals surface area contributed by atoms with Crippen LogP contribution in [0.25, 0.3) is 0 Å². The minimum atomic E-state index is -0.700. The summed E-state index contributed by atoms with van der Waals surface area (Å²) in [5, 5.41) is 8.61. The maximum Gasteiger partial charge on any atom is 0.330 e. The van der Waals surface area contributed by atoms with Gasteiger partial charge in [-0.05, 0) is 12.1 Å². The Morgan fingerprint density at radius 1 is 1.26 bits per heavy atom. The third-order valence-corrected chi connectivity index (χ3v) is 2.06. The second-order valence-electron chi connectivity index (χ2n) is 3.32. The van der Waals surface area contributed by atoms with E-state index < -0.39 is 5.82 Å². The number of hydrogen-bond donors (Lipinski definition) is 1. The van der Waals surface area contributed by atoms with E-state index in [-0.39, 0.29) is 29.3 Å². The first-order valence-electron chi connectivity index (χ1n) is 5.05. The lowest BCUT2D eigenvalue weighted by atomic mass is 10.2. The second kappa shape index (κ2) is 5.14. The summed E-state index contributed by atoms with van der Waals surface area (Å²) in [6.45, 7) is 0. The van der Waals surface area contributed by atoms with Gasteiger partial charge in [-0.25, -0.2) is 4.39 Å². The molecule has 0 fully saturated rings. The summed E-state index contributed by atoms with van der Waals surface area (Å²) in [5.41, 5.74) is 5.34. The van der Waals surface area contributed by atoms with Crippen molar-refractivity contribution in [1.29, 1.82) is 5.26 Å². The van der Waals surface area contributed by atoms with Crippen LogP contribution in [0.15, 0.2) is 18.2 Å². The van der Waals surface area contributed by atoms with Crippen molar-refractivity contribution in [2.45, 2.75) is 0 Å². The fourth-order valence-corrected chi connectivity index (χ4v) is 1.25. The molecule has 0 atom stereocenters. The Kier molecular flexibility index (Phi) is 3.38. The van der Waals surface area contributed by atoms with Gasteiger partial charge in [0.1, 0.15) is 17.6 Å². The van der Waals surface area contributed by atoms with Crippen LogP contribution in [0.2, 0.25) is 0 Å². The number of nitriles is 1. The molecule has 1 aromatic heterocycles. The first-order valence-corrected chi connectivity index (χ1v) is 5.05. The number of nitrogen functional groups attached to an aromatic ring is 1. The van der Waals surface area contributed by atoms with Crippen LogP contribution in [-0.4, -0.2) is 22.1 Å². The first-order chi connectivity index (χ1) is 9.12. The lowest BCUT2D eigenvalue weighted by Crippen LogP contribution is -2.03. The normalized spacial score (nSPS) is 9.74. The number of benzene rings is 1. The van der Waals surface area contributed by atoms with Crippen LogP contribution in [0.1, 0.15) is 5.56 Å². The lowest BCUT2D eigenvalue weighted by molar-refractivity contribution is 0.360. The minimum Gasteiger partial charge on any atom is -0.467 e. The molecule has 0 saturated carbocycles. The van der Waals surface area contributed by atoms with Gasteiger partial charge in [0.15, 0.2) is 0 Å². The van der Waals surface area contributed by atoms with E-state index in [1.807, 2.05) is 0 Å². The summed E-state index contributed by atoms with van der Waals surface area (Å²) in [6.07, 6.45) is 0. The van der Waals surface area contributed by atoms with Gasteiger partial charge in [-0.15, -0.1) is 4.98 Å². The van der Waals surface area contributed by atoms with Crippen molar-refractivity contribution in [3.63, 3.8) is 0 Å². The average Bonchev–Trinajstić information content (AvgIpc) is 2.38. The van der Waals surface area contributed by atoms with E-state index in [0.717, 1.165) is 6.07 Å². The summed E-state index contributed by atoms with van der Waals surface area (Å²) >= 11 is 0. The molecule has 96 valence electrons. The van der Waals surface area contributed by atoms with Crippen LogP contribution in [-0.2, 0) is 0 Å². The fraction of sp³-hybridized carbons (Fsp3) is 0.0909. The molecule has 0 saturated heterocycles. The summed E-state index contributed by atoms with van der Waals surface area (Å²) in [5.74, 6) is -0.658. The molecule has 2 rings (SSSR count). The molecule has 2 N–H and O–H groups in total. The predicted octanol–water partition coefficient (Wildman–Crippen LogP) is 1.27. The molecule has 1 aromatic carbocycles. The summed E-state index contributed by atoms with van der Waals surface area (Å²) in [7, 11) is 1.36. The third kappa shape index (κ3) is 2.84. The smallest absolute Gasteiger partial charge is 0.330 e. The fourth-order valence-electron chi connectivity index (χ4n) is 1.25. The molecular weight excluding hydrogens is 253 g/mol. The van der Waals surface area contributed by atoms with Crippen LogP contribution in [0.3, 0.4) is 0 Å². The Balaban J connectivity index is 2.28. The highest BCUT2D eigenvalue weighted by Crippen LogP contribution is 2.22. The zero-order valence-electron chi connectivity index (χ0n) is 9.79. The van der Waals surface area contributed by atoms with Gasteiger partial charge in [0.05, 0.1) is 12.7 Å². The van der Waals surface area contributed by atoms with E-state index in [0.29, 0.717) is 0 Å². The SMILES string of the molecule is COc1nc(N)nc(Oc2ccc(C#N)c(F)c2)n1. The van der Waals surface area contributed by atoms with E-state index in [1.165, 1.54) is 19.2 Å². The Morgan fingerprint density at radius 3 is 2.63 bits per heavy atom. The zero-order chi connectivity index (χ0) is 13.8. The van der Waals surface area contributed by atoms with E-state index in [9.17, 15) is 4.39 Å². The number of aromatic nitrogens is 3. The van der Waals surface area contributed by atoms with Crippen molar-refractivity contribution in [1.82, 2.24) is 15.0 Å². The van der Waals surface area contributed by atoms with Gasteiger partial charge in [0, 0.05) is 6.07 Å². The standard InChI is InChI=1S/C11H8FN5O2/c1-18-10-15-9(14)16-11(17-10)19-7-3-2-6(5-13)8(12)4-7/h2-4H,1H3,(H2,14,15,16,17). The molecule has 0 aliphatic rings. The molecule has 8 heteroatoms. The topological polar surface area (TPSA) is 107 Å². The highest BCUT2D eigenvalue weighted by molar-refractivity contribution is 5.37. The van der Waals surface area contributed by atoms with Gasteiger partial charge in [-0.1, -0.05) is 0 Å². The van der Waals surface area contributed by atoms with Gasteiger partial charge in [-0.3, -0.25) is 0 Å². The van der Waals surface area contributed by atoms with Crippen LogP contribution in [0.5, 0.6) is 17.8 Å². The molecule has 0 amide bonds. The van der Waals surface area contributed by atoms with Crippen LogP contribution < -0.4 is 15.2 Å². The van der Waals surface area contributed by atoms with Crippen molar-refractivity contribution in [3.8, 4) is 23.8 Å². The van der Waals surface area contributed by atoms with E-state index in [4.69, 9.17) is 20.5 Å². The Morgan fingerprint density at radius 2 is 2.00 bits per heavy atom. The van der Waals surface area contributed by atoms with Crippen molar-refractivity contribution in [2.75, 3.05) is 12.8 Å². The molecule has 2 aromatic rings. The monoisotopic (exact) mass is 261 g/mol. The van der Waals surface area contributed by atoms with Crippen LogP contribution in [0, 0.1) is 17.1 Å². The maximum absolute atomic E-state index is 13.4. The van der Waals surface area contributed by atoms with Crippen LogP contribution in [0.4, 0.5) is 10.3 Å². The lowest BCUT2D eigenvalue weighted by Gasteiger charge is -2.05. The molecule has 0 aliphatic heterocycles. The average molecular weight is 261 g/mol. The molecule has 19 heavy (non-hydrogen) atoms. The van der Waals surface area contributed by atoms with Crippen molar-refractivity contribution in [2.24, 2.45) is 0 Å². The number of methoxy groups -OCH3 is 1. The highest BCUT2D eigenvalue weighted by atomic mass is 19.1. The van der Waals surface area contributed by atoms with Gasteiger partial charge < -0.3 is 15.2 Å². The van der Waals surface area contributed by atoms with Gasteiger partial charge in [-0.2, -0.15) is 15.2 Å². The number of anilines is 1. The molecule has 1 heterocycles. The molecule has 0 unspecified atom stereocenters. The van der Waals surface area contributed by atoms with Gasteiger partial charge in [0.25, 0.3) is 0 Å². The molecule has 0 radical (unpaired) electrons. The summed E-state index contributed by atoms with van der Waals surface area (Å²) in [4.78, 5) is 11.2. The predicted molar refractivity (Wildman–Crippen MR) is 62.0 cm³/mol. The van der Waals surface area contributed by atoms with E-state index >= 15 is 0 Å². The number of ether oxygens (including phenoxy) is 2. The number of hydrogen-bond acceptors (Lipinski definition) is 7. The quantitative estimate of drug-likeness (QED) is 0.886. The highest BCUT2D eigenvalue weighted by Gasteiger charge is 2.09. The third-order valence-electron chi connectivity index (χ3n) is 2.06. The van der Waals surface area contributed by atoms with Gasteiger partial charge >= 0.3 is 12.0 Å². The van der Waals surface area contributed by atoms with E-state index in [2.05, 4.69) is 15.0 Å². The number of nitrogens with zero attached hydrogens (tertiary/aromatic N) is 4. The Hall–Kier alpha value is -2.95.